The molecule has 0 radical (unpaired) electrons. The van der Waals surface area contributed by atoms with Crippen LogP contribution in [0.4, 0.5) is 4.39 Å². The largest absolute Gasteiger partial charge is 0.454 e. The molecule has 3 rings (SSSR count). The van der Waals surface area contributed by atoms with Crippen LogP contribution in [0.2, 0.25) is 0 Å². The summed E-state index contributed by atoms with van der Waals surface area (Å²) >= 11 is 0. The first-order valence-electron chi connectivity index (χ1n) is 9.83. The Balaban J connectivity index is 1.80. The zero-order valence-electron chi connectivity index (χ0n) is 16.6. The van der Waals surface area contributed by atoms with Crippen LogP contribution in [-0.4, -0.2) is 9.79 Å². The van der Waals surface area contributed by atoms with Gasteiger partial charge in [-0.15, -0.1) is 0 Å². The van der Waals surface area contributed by atoms with Gasteiger partial charge in [0.05, 0.1) is 5.30 Å². The number of benzene rings is 2. The number of aryl methyl sites for hydroxylation is 2. The summed E-state index contributed by atoms with van der Waals surface area (Å²) in [5.74, 6) is 1.34. The van der Waals surface area contributed by atoms with Crippen molar-refractivity contribution in [1.82, 2.24) is 0 Å². The van der Waals surface area contributed by atoms with E-state index in [4.69, 9.17) is 4.74 Å². The monoisotopic (exact) mass is 406 g/mol. The van der Waals surface area contributed by atoms with Gasteiger partial charge in [-0.3, -0.25) is 4.57 Å². The minimum atomic E-state index is -4.34. The molecule has 1 fully saturated rings. The molecule has 0 unspecified atom stereocenters. The van der Waals surface area contributed by atoms with Crippen LogP contribution >= 0.6 is 7.60 Å². The van der Waals surface area contributed by atoms with Gasteiger partial charge < -0.3 is 14.5 Å². The normalized spacial score (nSPS) is 20.2. The van der Waals surface area contributed by atoms with Crippen LogP contribution in [-0.2, 0) is 4.57 Å². The van der Waals surface area contributed by atoms with E-state index in [1.54, 1.807) is 26.0 Å². The smallest absolute Gasteiger partial charge is 0.356 e. The predicted molar refractivity (Wildman–Crippen MR) is 109 cm³/mol. The molecule has 0 bridgehead atoms. The SMILES string of the molecule is CC[C@H]1CC[C@H](c2ccc(Oc3c(C)cc(P(=O)(O)O)cc3C)c(F)c2)CC1. The molecule has 1 aliphatic rings. The zero-order chi connectivity index (χ0) is 20.5. The first kappa shape index (κ1) is 21.0. The molecular formula is C22H28FO4P. The lowest BCUT2D eigenvalue weighted by molar-refractivity contribution is 0.318. The first-order chi connectivity index (χ1) is 13.2. The van der Waals surface area contributed by atoms with Crippen molar-refractivity contribution in [3.8, 4) is 11.5 Å². The molecule has 4 nitrogen and oxygen atoms in total. The maximum absolute atomic E-state index is 14.7. The van der Waals surface area contributed by atoms with Crippen LogP contribution < -0.4 is 10.0 Å². The summed E-state index contributed by atoms with van der Waals surface area (Å²) in [6, 6.07) is 7.94. The van der Waals surface area contributed by atoms with Crippen molar-refractivity contribution in [2.45, 2.75) is 58.8 Å². The fourth-order valence-corrected chi connectivity index (χ4v) is 4.85. The van der Waals surface area contributed by atoms with Crippen LogP contribution in [0.5, 0.6) is 11.5 Å². The molecule has 0 heterocycles. The van der Waals surface area contributed by atoms with Crippen molar-refractivity contribution in [2.75, 3.05) is 0 Å². The van der Waals surface area contributed by atoms with Crippen molar-refractivity contribution in [3.05, 3.63) is 52.8 Å². The molecule has 2 N–H and O–H groups in total. The summed E-state index contributed by atoms with van der Waals surface area (Å²) in [7, 11) is -4.34. The van der Waals surface area contributed by atoms with Gasteiger partial charge >= 0.3 is 7.60 Å². The van der Waals surface area contributed by atoms with E-state index < -0.39 is 13.4 Å². The van der Waals surface area contributed by atoms with Gasteiger partial charge in [0.25, 0.3) is 0 Å². The molecule has 0 aliphatic heterocycles. The molecule has 152 valence electrons. The standard InChI is InChI=1S/C22H28FO4P/c1-4-16-5-7-17(8-6-16)18-9-10-21(20(23)13-18)27-22-14(2)11-19(12-15(22)3)28(24,25)26/h9-13,16-17H,4-8H2,1-3H3,(H2,24,25,26)/t16-,17-. The summed E-state index contributed by atoms with van der Waals surface area (Å²) in [6.07, 6.45) is 5.81. The number of ether oxygens (including phenoxy) is 1. The molecule has 0 aromatic heterocycles. The van der Waals surface area contributed by atoms with Crippen molar-refractivity contribution in [1.29, 1.82) is 0 Å². The summed E-state index contributed by atoms with van der Waals surface area (Å²) < 4.78 is 32.0. The van der Waals surface area contributed by atoms with Gasteiger partial charge in [0.15, 0.2) is 11.6 Å². The first-order valence-corrected chi connectivity index (χ1v) is 11.4. The van der Waals surface area contributed by atoms with Gasteiger partial charge in [-0.05, 0) is 92.3 Å². The van der Waals surface area contributed by atoms with Gasteiger partial charge in [0.2, 0.25) is 0 Å². The van der Waals surface area contributed by atoms with Crippen LogP contribution in [0.25, 0.3) is 0 Å². The summed E-state index contributed by atoms with van der Waals surface area (Å²) in [5.41, 5.74) is 2.13. The highest BCUT2D eigenvalue weighted by atomic mass is 31.2. The van der Waals surface area contributed by atoms with Crippen molar-refractivity contribution in [3.63, 3.8) is 0 Å². The second-order valence-electron chi connectivity index (χ2n) is 7.87. The van der Waals surface area contributed by atoms with Gasteiger partial charge in [-0.25, -0.2) is 4.39 Å². The summed E-state index contributed by atoms with van der Waals surface area (Å²) in [6.45, 7) is 5.62. The average molecular weight is 406 g/mol. The van der Waals surface area contributed by atoms with Gasteiger partial charge in [-0.2, -0.15) is 0 Å². The fourth-order valence-electron chi connectivity index (χ4n) is 4.12. The number of rotatable bonds is 5. The third kappa shape index (κ3) is 4.65. The molecule has 0 atom stereocenters. The minimum absolute atomic E-state index is 0.0617. The molecule has 1 saturated carbocycles. The topological polar surface area (TPSA) is 66.8 Å². The molecule has 6 heteroatoms. The van der Waals surface area contributed by atoms with Gasteiger partial charge in [-0.1, -0.05) is 19.4 Å². The van der Waals surface area contributed by atoms with E-state index in [1.807, 2.05) is 6.07 Å². The van der Waals surface area contributed by atoms with Crippen molar-refractivity contribution >= 4 is 12.9 Å². The van der Waals surface area contributed by atoms with E-state index in [0.29, 0.717) is 22.8 Å². The third-order valence-electron chi connectivity index (χ3n) is 5.84. The molecule has 1 aliphatic carbocycles. The average Bonchev–Trinajstić information content (AvgIpc) is 2.65. The number of halogens is 1. The van der Waals surface area contributed by atoms with E-state index in [1.165, 1.54) is 31.4 Å². The molecule has 0 saturated heterocycles. The van der Waals surface area contributed by atoms with E-state index >= 15 is 0 Å². The highest BCUT2D eigenvalue weighted by Crippen LogP contribution is 2.40. The maximum Gasteiger partial charge on any atom is 0.356 e. The van der Waals surface area contributed by atoms with E-state index in [-0.39, 0.29) is 11.1 Å². The Morgan fingerprint density at radius 3 is 2.18 bits per heavy atom. The predicted octanol–water partition coefficient (Wildman–Crippen LogP) is 5.72. The van der Waals surface area contributed by atoms with Crippen LogP contribution in [0.1, 0.15) is 61.6 Å². The fraction of sp³-hybridized carbons (Fsp3) is 0.455. The van der Waals surface area contributed by atoms with Crippen LogP contribution in [0, 0.1) is 25.6 Å². The molecule has 0 spiro atoms. The Morgan fingerprint density at radius 1 is 1.07 bits per heavy atom. The van der Waals surface area contributed by atoms with Gasteiger partial charge in [0.1, 0.15) is 5.75 Å². The van der Waals surface area contributed by atoms with Crippen LogP contribution in [0.15, 0.2) is 30.3 Å². The third-order valence-corrected chi connectivity index (χ3v) is 6.78. The second kappa shape index (κ2) is 8.36. The number of hydrogen-bond acceptors (Lipinski definition) is 2. The van der Waals surface area contributed by atoms with Crippen molar-refractivity contribution < 1.29 is 23.5 Å². The lowest BCUT2D eigenvalue weighted by Gasteiger charge is -2.28. The van der Waals surface area contributed by atoms with E-state index in [2.05, 4.69) is 6.92 Å². The second-order valence-corrected chi connectivity index (χ2v) is 9.47. The number of hydrogen-bond donors (Lipinski definition) is 2. The zero-order valence-corrected chi connectivity index (χ0v) is 17.5. The Bertz CT molecular complexity index is 874. The quantitative estimate of drug-likeness (QED) is 0.623. The Hall–Kier alpha value is -1.68. The minimum Gasteiger partial charge on any atom is -0.454 e. The Kier molecular flexibility index (Phi) is 6.28. The molecular weight excluding hydrogens is 378 g/mol. The molecule has 2 aromatic carbocycles. The summed E-state index contributed by atoms with van der Waals surface area (Å²) in [5, 5.41) is -0.0617. The lowest BCUT2D eigenvalue weighted by atomic mass is 9.78. The lowest BCUT2D eigenvalue weighted by Crippen LogP contribution is -2.12. The highest BCUT2D eigenvalue weighted by Gasteiger charge is 2.23. The highest BCUT2D eigenvalue weighted by molar-refractivity contribution is 7.60. The van der Waals surface area contributed by atoms with Crippen molar-refractivity contribution in [2.24, 2.45) is 5.92 Å². The maximum atomic E-state index is 14.7. The molecule has 28 heavy (non-hydrogen) atoms. The Morgan fingerprint density at radius 2 is 1.68 bits per heavy atom. The summed E-state index contributed by atoms with van der Waals surface area (Å²) in [4.78, 5) is 18.7. The van der Waals surface area contributed by atoms with Gasteiger partial charge in [0, 0.05) is 0 Å². The van der Waals surface area contributed by atoms with E-state index in [9.17, 15) is 18.7 Å². The van der Waals surface area contributed by atoms with E-state index in [0.717, 1.165) is 24.3 Å². The molecule has 2 aromatic rings. The molecule has 0 amide bonds. The van der Waals surface area contributed by atoms with Crippen LogP contribution in [0.3, 0.4) is 0 Å². The Labute approximate surface area is 165 Å².